The van der Waals surface area contributed by atoms with E-state index < -0.39 is 28.3 Å². The highest BCUT2D eigenvalue weighted by Crippen LogP contribution is 2.36. The highest BCUT2D eigenvalue weighted by molar-refractivity contribution is 7.89. The van der Waals surface area contributed by atoms with Crippen LogP contribution >= 0.6 is 34.8 Å². The second-order valence-electron chi connectivity index (χ2n) is 10.6. The molecular formula is C27H33Cl3N4O4S. The van der Waals surface area contributed by atoms with E-state index in [4.69, 9.17) is 34.8 Å². The third-order valence-electron chi connectivity index (χ3n) is 7.56. The van der Waals surface area contributed by atoms with Crippen molar-refractivity contribution in [1.29, 1.82) is 0 Å². The third-order valence-corrected chi connectivity index (χ3v) is 10.4. The summed E-state index contributed by atoms with van der Waals surface area (Å²) < 4.78 is 29.7. The Hall–Kier alpha value is -1.88. The Balaban J connectivity index is 1.87. The van der Waals surface area contributed by atoms with Crippen LogP contribution in [0, 0.1) is 0 Å². The second kappa shape index (κ2) is 11.5. The van der Waals surface area contributed by atoms with E-state index in [0.717, 1.165) is 5.56 Å². The van der Waals surface area contributed by atoms with E-state index in [9.17, 15) is 18.0 Å². The first kappa shape index (κ1) is 30.1. The highest BCUT2D eigenvalue weighted by Gasteiger charge is 2.55. The molecule has 2 heterocycles. The van der Waals surface area contributed by atoms with Crippen molar-refractivity contribution in [1.82, 2.24) is 19.0 Å². The SMILES string of the molecule is CC(C)N1CC2N(C(=O)C(N(C)C(C)C)CN2S(=O)(=O)c2ccc(Cl)cc2Cl)C(Cc2ccc(Cl)cc2)C1=O. The van der Waals surface area contributed by atoms with Crippen LogP contribution in [-0.2, 0) is 26.0 Å². The van der Waals surface area contributed by atoms with Gasteiger partial charge in [0.15, 0.2) is 0 Å². The van der Waals surface area contributed by atoms with Crippen molar-refractivity contribution in [3.8, 4) is 0 Å². The van der Waals surface area contributed by atoms with Gasteiger partial charge in [-0.15, -0.1) is 0 Å². The number of hydrogen-bond donors (Lipinski definition) is 0. The molecule has 2 amide bonds. The van der Waals surface area contributed by atoms with Crippen LogP contribution in [0.4, 0.5) is 0 Å². The number of sulfonamides is 1. The minimum absolute atomic E-state index is 0.00923. The van der Waals surface area contributed by atoms with Crippen LogP contribution < -0.4 is 0 Å². The van der Waals surface area contributed by atoms with E-state index in [1.165, 1.54) is 27.4 Å². The smallest absolute Gasteiger partial charge is 0.246 e. The van der Waals surface area contributed by atoms with Gasteiger partial charge in [0, 0.05) is 35.1 Å². The summed E-state index contributed by atoms with van der Waals surface area (Å²) in [7, 11) is -2.41. The summed E-state index contributed by atoms with van der Waals surface area (Å²) >= 11 is 18.5. The maximum atomic E-state index is 14.2. The molecule has 2 fully saturated rings. The number of piperazine rings is 1. The number of halogens is 3. The predicted molar refractivity (Wildman–Crippen MR) is 153 cm³/mol. The number of hydrogen-bond acceptors (Lipinski definition) is 5. The molecule has 0 aromatic heterocycles. The number of benzene rings is 2. The van der Waals surface area contributed by atoms with Crippen LogP contribution in [-0.4, -0.2) is 89.7 Å². The van der Waals surface area contributed by atoms with Crippen molar-refractivity contribution in [2.24, 2.45) is 0 Å². The largest absolute Gasteiger partial charge is 0.335 e. The molecule has 4 rings (SSSR count). The van der Waals surface area contributed by atoms with Crippen LogP contribution in [0.25, 0.3) is 0 Å². The summed E-state index contributed by atoms with van der Waals surface area (Å²) in [4.78, 5) is 32.8. The van der Waals surface area contributed by atoms with E-state index in [0.29, 0.717) is 10.0 Å². The molecular weight excluding hydrogens is 583 g/mol. The number of nitrogens with zero attached hydrogens (tertiary/aromatic N) is 4. The van der Waals surface area contributed by atoms with E-state index in [1.807, 2.05) is 44.7 Å². The predicted octanol–water partition coefficient (Wildman–Crippen LogP) is 4.38. The number of carbonyl (C=O) groups excluding carboxylic acids is 2. The number of amides is 2. The average molecular weight is 616 g/mol. The first-order valence-electron chi connectivity index (χ1n) is 12.8. The molecule has 12 heteroatoms. The fourth-order valence-electron chi connectivity index (χ4n) is 5.17. The first-order chi connectivity index (χ1) is 18.2. The quantitative estimate of drug-likeness (QED) is 0.462. The van der Waals surface area contributed by atoms with Crippen molar-refractivity contribution in [3.05, 3.63) is 63.1 Å². The lowest BCUT2D eigenvalue weighted by atomic mass is 9.96. The third kappa shape index (κ3) is 5.80. The van der Waals surface area contributed by atoms with Crippen molar-refractivity contribution >= 4 is 56.6 Å². The van der Waals surface area contributed by atoms with E-state index in [-0.39, 0.29) is 53.3 Å². The van der Waals surface area contributed by atoms with Gasteiger partial charge < -0.3 is 9.80 Å². The van der Waals surface area contributed by atoms with Crippen LogP contribution in [0.1, 0.15) is 33.3 Å². The van der Waals surface area contributed by atoms with Gasteiger partial charge in [0.2, 0.25) is 21.8 Å². The van der Waals surface area contributed by atoms with Gasteiger partial charge in [-0.25, -0.2) is 8.42 Å². The van der Waals surface area contributed by atoms with Gasteiger partial charge in [0.05, 0.1) is 11.6 Å². The number of likely N-dealkylation sites (N-methyl/N-ethyl adjacent to an activating group) is 1. The Bertz CT molecular complexity index is 1350. The molecule has 2 aliphatic heterocycles. The van der Waals surface area contributed by atoms with Crippen LogP contribution in [0.15, 0.2) is 47.4 Å². The van der Waals surface area contributed by atoms with Gasteiger partial charge in [0.25, 0.3) is 0 Å². The summed E-state index contributed by atoms with van der Waals surface area (Å²) in [6.07, 6.45) is -0.696. The molecule has 39 heavy (non-hydrogen) atoms. The van der Waals surface area contributed by atoms with Crippen molar-refractivity contribution in [2.45, 2.75) is 69.3 Å². The molecule has 212 valence electrons. The lowest BCUT2D eigenvalue weighted by Gasteiger charge is -2.55. The molecule has 0 aliphatic carbocycles. The number of rotatable bonds is 7. The van der Waals surface area contributed by atoms with Crippen molar-refractivity contribution in [3.63, 3.8) is 0 Å². The maximum absolute atomic E-state index is 14.2. The summed E-state index contributed by atoms with van der Waals surface area (Å²) in [6.45, 7) is 7.58. The van der Waals surface area contributed by atoms with Crippen LogP contribution in [0.5, 0.6) is 0 Å². The van der Waals surface area contributed by atoms with Gasteiger partial charge in [-0.2, -0.15) is 4.31 Å². The molecule has 0 radical (unpaired) electrons. The number of carbonyl (C=O) groups is 2. The van der Waals surface area contributed by atoms with E-state index >= 15 is 0 Å². The Labute approximate surface area is 245 Å². The van der Waals surface area contributed by atoms with Gasteiger partial charge in [-0.05, 0) is 70.6 Å². The lowest BCUT2D eigenvalue weighted by Crippen LogP contribution is -2.76. The van der Waals surface area contributed by atoms with Crippen LogP contribution in [0.3, 0.4) is 0 Å². The molecule has 8 nitrogen and oxygen atoms in total. The molecule has 0 N–H and O–H groups in total. The standard InChI is InChI=1S/C27H33Cl3N4O4S/c1-16(2)31(5)23-14-33(39(37,38)24-11-10-20(29)13-21(24)30)25-15-32(17(3)4)26(35)22(34(25)27(23)36)12-18-6-8-19(28)9-7-18/h6-11,13,16-17,22-23,25H,12,14-15H2,1-5H3. The molecule has 2 aliphatic rings. The molecule has 0 spiro atoms. The summed E-state index contributed by atoms with van der Waals surface area (Å²) in [6, 6.07) is 9.36. The fourth-order valence-corrected chi connectivity index (χ4v) is 7.62. The maximum Gasteiger partial charge on any atom is 0.246 e. The molecule has 2 aromatic rings. The molecule has 3 atom stereocenters. The monoisotopic (exact) mass is 614 g/mol. The molecule has 2 aromatic carbocycles. The summed E-state index contributed by atoms with van der Waals surface area (Å²) in [5.74, 6) is -0.500. The van der Waals surface area contributed by atoms with E-state index in [2.05, 4.69) is 0 Å². The second-order valence-corrected chi connectivity index (χ2v) is 13.7. The molecule has 0 saturated carbocycles. The summed E-state index contributed by atoms with van der Waals surface area (Å²) in [5, 5.41) is 0.856. The highest BCUT2D eigenvalue weighted by atomic mass is 35.5. The molecule has 0 bridgehead atoms. The zero-order chi connectivity index (χ0) is 28.8. The Morgan fingerprint density at radius 3 is 2.10 bits per heavy atom. The van der Waals surface area contributed by atoms with Crippen molar-refractivity contribution < 1.29 is 18.0 Å². The minimum Gasteiger partial charge on any atom is -0.335 e. The molecule has 3 unspecified atom stereocenters. The minimum atomic E-state index is -4.20. The van der Waals surface area contributed by atoms with Crippen LogP contribution in [0.2, 0.25) is 15.1 Å². The zero-order valence-electron chi connectivity index (χ0n) is 22.5. The molecule has 2 saturated heterocycles. The van der Waals surface area contributed by atoms with Gasteiger partial charge in [-0.1, -0.05) is 46.9 Å². The lowest BCUT2D eigenvalue weighted by molar-refractivity contribution is -0.172. The Kier molecular flexibility index (Phi) is 8.91. The topological polar surface area (TPSA) is 81.2 Å². The van der Waals surface area contributed by atoms with Gasteiger partial charge in [-0.3, -0.25) is 14.5 Å². The zero-order valence-corrected chi connectivity index (χ0v) is 25.6. The summed E-state index contributed by atoms with van der Waals surface area (Å²) in [5.41, 5.74) is 0.810. The first-order valence-corrected chi connectivity index (χ1v) is 15.4. The van der Waals surface area contributed by atoms with Gasteiger partial charge in [0.1, 0.15) is 23.1 Å². The number of fused-ring (bicyclic) bond motifs is 1. The normalized spacial score (nSPS) is 22.8. The van der Waals surface area contributed by atoms with E-state index in [1.54, 1.807) is 24.1 Å². The van der Waals surface area contributed by atoms with Crippen molar-refractivity contribution in [2.75, 3.05) is 20.1 Å². The Morgan fingerprint density at radius 1 is 0.923 bits per heavy atom. The average Bonchev–Trinajstić information content (AvgIpc) is 2.85. The Morgan fingerprint density at radius 2 is 1.54 bits per heavy atom. The fraction of sp³-hybridized carbons (Fsp3) is 0.481. The van der Waals surface area contributed by atoms with Gasteiger partial charge >= 0.3 is 0 Å².